The van der Waals surface area contributed by atoms with E-state index in [-0.39, 0.29) is 34.6 Å². The van der Waals surface area contributed by atoms with Gasteiger partial charge in [0.05, 0.1) is 11.6 Å². The highest BCUT2D eigenvalue weighted by Gasteiger charge is 2.42. The number of nitrogens with zero attached hydrogens (tertiary/aromatic N) is 1. The molecule has 1 atom stereocenters. The molecule has 134 valence electrons. The lowest BCUT2D eigenvalue weighted by molar-refractivity contribution is -0.133. The fourth-order valence-electron chi connectivity index (χ4n) is 3.18. The van der Waals surface area contributed by atoms with E-state index in [1.165, 1.54) is 11.0 Å². The van der Waals surface area contributed by atoms with Crippen molar-refractivity contribution in [2.24, 2.45) is 5.41 Å². The third-order valence-corrected chi connectivity index (χ3v) is 4.63. The van der Waals surface area contributed by atoms with Gasteiger partial charge in [-0.05, 0) is 12.1 Å². The second-order valence-electron chi connectivity index (χ2n) is 6.98. The molecule has 2 heterocycles. The van der Waals surface area contributed by atoms with Gasteiger partial charge in [-0.25, -0.2) is 8.78 Å². The fraction of sp³-hybridized carbons (Fsp3) is 0.412. The molecule has 0 radical (unpaired) electrons. The number of carbonyl (C=O) groups is 2. The molecule has 1 aromatic carbocycles. The van der Waals surface area contributed by atoms with Crippen LogP contribution in [0.2, 0.25) is 0 Å². The number of amides is 2. The van der Waals surface area contributed by atoms with E-state index in [0.29, 0.717) is 6.54 Å². The Balaban J connectivity index is 1.80. The number of aromatic nitrogens is 1. The van der Waals surface area contributed by atoms with Crippen molar-refractivity contribution in [3.05, 3.63) is 35.5 Å². The minimum absolute atomic E-state index is 0.113. The van der Waals surface area contributed by atoms with E-state index in [0.717, 1.165) is 12.1 Å². The highest BCUT2D eigenvalue weighted by Crippen LogP contribution is 2.30. The van der Waals surface area contributed by atoms with Crippen molar-refractivity contribution in [3.8, 4) is 0 Å². The first-order valence-electron chi connectivity index (χ1n) is 7.88. The van der Waals surface area contributed by atoms with Crippen LogP contribution in [0.1, 0.15) is 24.3 Å². The number of carbonyl (C=O) groups excluding carboxylic acids is 2. The lowest BCUT2D eigenvalue weighted by Crippen LogP contribution is -2.44. The van der Waals surface area contributed by atoms with Crippen LogP contribution in [-0.4, -0.2) is 52.5 Å². The van der Waals surface area contributed by atoms with Gasteiger partial charge in [0.15, 0.2) is 0 Å². The number of nitrogens with one attached hydrogen (secondary N) is 2. The highest BCUT2D eigenvalue weighted by atomic mass is 19.1. The van der Waals surface area contributed by atoms with Crippen LogP contribution in [0, 0.1) is 17.0 Å². The molecule has 2 amide bonds. The third-order valence-electron chi connectivity index (χ3n) is 4.63. The molecule has 1 aromatic heterocycles. The van der Waals surface area contributed by atoms with Gasteiger partial charge < -0.3 is 20.3 Å². The van der Waals surface area contributed by atoms with Gasteiger partial charge in [0.2, 0.25) is 5.91 Å². The summed E-state index contributed by atoms with van der Waals surface area (Å²) in [5.74, 6) is -2.33. The topological polar surface area (TPSA) is 85.4 Å². The molecule has 6 nitrogen and oxygen atoms in total. The van der Waals surface area contributed by atoms with Crippen molar-refractivity contribution in [1.29, 1.82) is 0 Å². The van der Waals surface area contributed by atoms with E-state index >= 15 is 0 Å². The van der Waals surface area contributed by atoms with Crippen molar-refractivity contribution in [3.63, 3.8) is 0 Å². The van der Waals surface area contributed by atoms with Gasteiger partial charge in [-0.1, -0.05) is 13.8 Å². The Morgan fingerprint density at radius 3 is 2.76 bits per heavy atom. The summed E-state index contributed by atoms with van der Waals surface area (Å²) in [6, 6.07) is 2.88. The summed E-state index contributed by atoms with van der Waals surface area (Å²) in [5, 5.41) is 12.0. The number of hydrogen-bond donors (Lipinski definition) is 3. The average molecular weight is 351 g/mol. The first kappa shape index (κ1) is 17.3. The lowest BCUT2D eigenvalue weighted by Gasteiger charge is -2.25. The zero-order valence-corrected chi connectivity index (χ0v) is 13.9. The third kappa shape index (κ3) is 3.21. The van der Waals surface area contributed by atoms with Crippen molar-refractivity contribution in [2.45, 2.75) is 19.9 Å². The molecule has 3 rings (SSSR count). The van der Waals surface area contributed by atoms with E-state index in [2.05, 4.69) is 10.3 Å². The number of fused-ring (bicyclic) bond motifs is 1. The minimum Gasteiger partial charge on any atom is -0.387 e. The monoisotopic (exact) mass is 351 g/mol. The Hall–Kier alpha value is -2.48. The number of rotatable bonds is 3. The molecule has 0 saturated carbocycles. The number of aromatic amines is 1. The first-order chi connectivity index (χ1) is 11.7. The molecule has 1 saturated heterocycles. The Kier molecular flexibility index (Phi) is 4.24. The second kappa shape index (κ2) is 6.11. The maximum atomic E-state index is 13.8. The lowest BCUT2D eigenvalue weighted by atomic mass is 9.88. The molecule has 1 fully saturated rings. The maximum absolute atomic E-state index is 13.8. The molecular formula is C17H19F2N3O3. The predicted octanol–water partition coefficient (Wildman–Crippen LogP) is 1.41. The molecule has 25 heavy (non-hydrogen) atoms. The number of hydrogen-bond acceptors (Lipinski definition) is 3. The van der Waals surface area contributed by atoms with Gasteiger partial charge >= 0.3 is 0 Å². The molecule has 8 heteroatoms. The van der Waals surface area contributed by atoms with E-state index in [1.54, 1.807) is 0 Å². The standard InChI is InChI=1S/C17H19F2N3O3/c1-17(2)8-22(15(24)7-23)6-14(17)21-16(25)13-5-10-11(19)3-9(18)4-12(10)20-13/h3-5,14,20,23H,6-8H2,1-2H3,(H,21,25). The van der Waals surface area contributed by atoms with Crippen LogP contribution in [-0.2, 0) is 4.79 Å². The van der Waals surface area contributed by atoms with Crippen molar-refractivity contribution in [1.82, 2.24) is 15.2 Å². The van der Waals surface area contributed by atoms with Gasteiger partial charge in [0.25, 0.3) is 5.91 Å². The predicted molar refractivity (Wildman–Crippen MR) is 86.9 cm³/mol. The Morgan fingerprint density at radius 1 is 1.36 bits per heavy atom. The molecule has 0 aliphatic carbocycles. The molecule has 1 aliphatic heterocycles. The SMILES string of the molecule is CC1(C)CN(C(=O)CO)CC1NC(=O)c1cc2c(F)cc(F)cc2[nH]1. The summed E-state index contributed by atoms with van der Waals surface area (Å²) in [4.78, 5) is 28.4. The van der Waals surface area contributed by atoms with Gasteiger partial charge in [-0.2, -0.15) is 0 Å². The first-order valence-corrected chi connectivity index (χ1v) is 7.88. The Labute approximate surface area is 142 Å². The smallest absolute Gasteiger partial charge is 0.268 e. The van der Waals surface area contributed by atoms with Gasteiger partial charge in [-0.3, -0.25) is 9.59 Å². The molecule has 3 N–H and O–H groups in total. The van der Waals surface area contributed by atoms with Crippen molar-refractivity contribution >= 4 is 22.7 Å². The summed E-state index contributed by atoms with van der Waals surface area (Å²) in [7, 11) is 0. The van der Waals surface area contributed by atoms with Crippen LogP contribution in [0.4, 0.5) is 8.78 Å². The molecular weight excluding hydrogens is 332 g/mol. The fourth-order valence-corrected chi connectivity index (χ4v) is 3.18. The summed E-state index contributed by atoms with van der Waals surface area (Å²) in [6.45, 7) is 3.92. The number of halogens is 2. The molecule has 1 unspecified atom stereocenters. The van der Waals surface area contributed by atoms with E-state index < -0.39 is 30.1 Å². The average Bonchev–Trinajstić information content (AvgIpc) is 3.08. The number of aliphatic hydroxyl groups is 1. The Morgan fingerprint density at radius 2 is 2.08 bits per heavy atom. The zero-order valence-electron chi connectivity index (χ0n) is 13.9. The van der Waals surface area contributed by atoms with Crippen LogP contribution < -0.4 is 5.32 Å². The van der Waals surface area contributed by atoms with Crippen LogP contribution >= 0.6 is 0 Å². The molecule has 1 aliphatic rings. The van der Waals surface area contributed by atoms with Crippen LogP contribution in [0.3, 0.4) is 0 Å². The summed E-state index contributed by atoms with van der Waals surface area (Å²) in [6.07, 6.45) is 0. The zero-order chi connectivity index (χ0) is 18.4. The molecule has 2 aromatic rings. The Bertz CT molecular complexity index is 847. The van der Waals surface area contributed by atoms with E-state index in [4.69, 9.17) is 5.11 Å². The molecule has 0 bridgehead atoms. The van der Waals surface area contributed by atoms with Crippen LogP contribution in [0.15, 0.2) is 18.2 Å². The normalized spacial score (nSPS) is 19.4. The van der Waals surface area contributed by atoms with Gasteiger partial charge in [-0.15, -0.1) is 0 Å². The van der Waals surface area contributed by atoms with Crippen molar-refractivity contribution < 1.29 is 23.5 Å². The highest BCUT2D eigenvalue weighted by molar-refractivity contribution is 5.98. The van der Waals surface area contributed by atoms with Gasteiger partial charge in [0, 0.05) is 30.0 Å². The summed E-state index contributed by atoms with van der Waals surface area (Å²) >= 11 is 0. The minimum atomic E-state index is -0.744. The largest absolute Gasteiger partial charge is 0.387 e. The van der Waals surface area contributed by atoms with Gasteiger partial charge in [0.1, 0.15) is 23.9 Å². The van der Waals surface area contributed by atoms with Crippen LogP contribution in [0.25, 0.3) is 10.9 Å². The summed E-state index contributed by atoms with van der Waals surface area (Å²) < 4.78 is 27.0. The van der Waals surface area contributed by atoms with Crippen LogP contribution in [0.5, 0.6) is 0 Å². The van der Waals surface area contributed by atoms with E-state index in [9.17, 15) is 18.4 Å². The molecule has 0 spiro atoms. The number of H-pyrrole nitrogens is 1. The van der Waals surface area contributed by atoms with Crippen molar-refractivity contribution in [2.75, 3.05) is 19.7 Å². The summed E-state index contributed by atoms with van der Waals surface area (Å²) in [5.41, 5.74) is -0.0724. The number of aliphatic hydroxyl groups excluding tert-OH is 1. The number of benzene rings is 1. The van der Waals surface area contributed by atoms with E-state index in [1.807, 2.05) is 13.8 Å². The quantitative estimate of drug-likeness (QED) is 0.782. The number of likely N-dealkylation sites (tertiary alicyclic amines) is 1. The maximum Gasteiger partial charge on any atom is 0.268 e. The second-order valence-corrected chi connectivity index (χ2v) is 6.98.